The fourth-order valence-corrected chi connectivity index (χ4v) is 3.64. The summed E-state index contributed by atoms with van der Waals surface area (Å²) in [6.07, 6.45) is 6.78. The van der Waals surface area contributed by atoms with Crippen LogP contribution >= 0.6 is 0 Å². The molecule has 0 bridgehead atoms. The second-order valence-electron chi connectivity index (χ2n) is 5.72. The van der Waals surface area contributed by atoms with E-state index < -0.39 is 0 Å². The van der Waals surface area contributed by atoms with Crippen LogP contribution in [0.15, 0.2) is 18.2 Å². The number of hydrogen-bond donors (Lipinski definition) is 1. The molecule has 0 spiro atoms. The maximum absolute atomic E-state index is 5.40. The zero-order chi connectivity index (χ0) is 13.2. The Bertz CT molecular complexity index is 432. The van der Waals surface area contributed by atoms with E-state index in [1.165, 1.54) is 37.7 Å². The maximum Gasteiger partial charge on any atom is 0.161 e. The fourth-order valence-electron chi connectivity index (χ4n) is 3.64. The number of benzene rings is 1. The Balaban J connectivity index is 1.79. The number of fused-ring (bicyclic) bond motifs is 1. The van der Waals surface area contributed by atoms with Gasteiger partial charge >= 0.3 is 0 Å². The van der Waals surface area contributed by atoms with E-state index in [1.54, 1.807) is 14.2 Å². The van der Waals surface area contributed by atoms with E-state index in [4.69, 9.17) is 9.47 Å². The number of methoxy groups -OCH3 is 2. The van der Waals surface area contributed by atoms with Crippen LogP contribution in [-0.2, 0) is 0 Å². The SMILES string of the molecule is COc1ccc(C2CC3CCCCC3N2)cc1OC. The first-order chi connectivity index (χ1) is 9.31. The lowest BCUT2D eigenvalue weighted by Crippen LogP contribution is -2.30. The molecule has 1 aromatic carbocycles. The van der Waals surface area contributed by atoms with Crippen LogP contribution in [0.2, 0.25) is 0 Å². The Morgan fingerprint density at radius 1 is 1.05 bits per heavy atom. The molecule has 104 valence electrons. The highest BCUT2D eigenvalue weighted by Crippen LogP contribution is 2.40. The van der Waals surface area contributed by atoms with Gasteiger partial charge in [-0.15, -0.1) is 0 Å². The van der Waals surface area contributed by atoms with E-state index in [2.05, 4.69) is 17.4 Å². The molecule has 3 unspecified atom stereocenters. The van der Waals surface area contributed by atoms with Gasteiger partial charge in [-0.05, 0) is 42.9 Å². The average molecular weight is 261 g/mol. The summed E-state index contributed by atoms with van der Waals surface area (Å²) in [6.45, 7) is 0. The monoisotopic (exact) mass is 261 g/mol. The highest BCUT2D eigenvalue weighted by atomic mass is 16.5. The van der Waals surface area contributed by atoms with Crippen LogP contribution in [0.4, 0.5) is 0 Å². The topological polar surface area (TPSA) is 30.5 Å². The summed E-state index contributed by atoms with van der Waals surface area (Å²) in [7, 11) is 3.38. The molecular weight excluding hydrogens is 238 g/mol. The molecule has 3 atom stereocenters. The van der Waals surface area contributed by atoms with Crippen LogP contribution in [0.25, 0.3) is 0 Å². The minimum absolute atomic E-state index is 0.480. The smallest absolute Gasteiger partial charge is 0.161 e. The number of nitrogens with one attached hydrogen (secondary N) is 1. The second kappa shape index (κ2) is 5.41. The molecule has 1 saturated heterocycles. The summed E-state index contributed by atoms with van der Waals surface area (Å²) in [5, 5.41) is 3.80. The highest BCUT2D eigenvalue weighted by molar-refractivity contribution is 5.44. The van der Waals surface area contributed by atoms with E-state index in [0.29, 0.717) is 6.04 Å². The van der Waals surface area contributed by atoms with Crippen LogP contribution in [0.1, 0.15) is 43.7 Å². The Kier molecular flexibility index (Phi) is 3.65. The zero-order valence-corrected chi connectivity index (χ0v) is 11.8. The van der Waals surface area contributed by atoms with E-state index in [0.717, 1.165) is 23.5 Å². The summed E-state index contributed by atoms with van der Waals surface area (Å²) in [5.74, 6) is 2.50. The minimum atomic E-state index is 0.480. The predicted octanol–water partition coefficient (Wildman–Crippen LogP) is 3.30. The Labute approximate surface area is 115 Å². The minimum Gasteiger partial charge on any atom is -0.493 e. The van der Waals surface area contributed by atoms with Crippen molar-refractivity contribution >= 4 is 0 Å². The molecule has 19 heavy (non-hydrogen) atoms. The van der Waals surface area contributed by atoms with Crippen molar-refractivity contribution in [3.05, 3.63) is 23.8 Å². The molecule has 3 rings (SSSR count). The summed E-state index contributed by atoms with van der Waals surface area (Å²) >= 11 is 0. The van der Waals surface area contributed by atoms with Gasteiger partial charge in [0, 0.05) is 12.1 Å². The molecule has 0 radical (unpaired) electrons. The van der Waals surface area contributed by atoms with Gasteiger partial charge in [-0.25, -0.2) is 0 Å². The lowest BCUT2D eigenvalue weighted by molar-refractivity contribution is 0.325. The first-order valence-corrected chi connectivity index (χ1v) is 7.30. The molecule has 2 aliphatic rings. The Morgan fingerprint density at radius 3 is 2.58 bits per heavy atom. The van der Waals surface area contributed by atoms with E-state index in [9.17, 15) is 0 Å². The van der Waals surface area contributed by atoms with E-state index in [-0.39, 0.29) is 0 Å². The number of ether oxygens (including phenoxy) is 2. The molecule has 0 aromatic heterocycles. The Hall–Kier alpha value is -1.22. The van der Waals surface area contributed by atoms with Crippen molar-refractivity contribution < 1.29 is 9.47 Å². The normalized spacial score (nSPS) is 29.9. The molecule has 1 aliphatic heterocycles. The molecule has 1 saturated carbocycles. The molecule has 0 amide bonds. The van der Waals surface area contributed by atoms with Crippen molar-refractivity contribution in [3.63, 3.8) is 0 Å². The van der Waals surface area contributed by atoms with Crippen molar-refractivity contribution in [3.8, 4) is 11.5 Å². The van der Waals surface area contributed by atoms with Gasteiger partial charge in [-0.1, -0.05) is 18.9 Å². The van der Waals surface area contributed by atoms with Crippen LogP contribution in [0.3, 0.4) is 0 Å². The van der Waals surface area contributed by atoms with Gasteiger partial charge in [-0.3, -0.25) is 0 Å². The zero-order valence-electron chi connectivity index (χ0n) is 11.8. The molecule has 1 aromatic rings. The summed E-state index contributed by atoms with van der Waals surface area (Å²) in [6, 6.07) is 7.50. The van der Waals surface area contributed by atoms with Crippen LogP contribution in [0.5, 0.6) is 11.5 Å². The molecule has 1 heterocycles. The van der Waals surface area contributed by atoms with E-state index >= 15 is 0 Å². The molecule has 3 heteroatoms. The largest absolute Gasteiger partial charge is 0.493 e. The standard InChI is InChI=1S/C16H23NO2/c1-18-15-8-7-12(10-16(15)19-2)14-9-11-5-3-4-6-13(11)17-14/h7-8,10-11,13-14,17H,3-6,9H2,1-2H3. The van der Waals surface area contributed by atoms with Gasteiger partial charge in [0.1, 0.15) is 0 Å². The lowest BCUT2D eigenvalue weighted by atomic mass is 9.84. The lowest BCUT2D eigenvalue weighted by Gasteiger charge is -2.24. The third kappa shape index (κ3) is 2.44. The van der Waals surface area contributed by atoms with Gasteiger partial charge in [0.05, 0.1) is 14.2 Å². The van der Waals surface area contributed by atoms with Gasteiger partial charge in [0.2, 0.25) is 0 Å². The Morgan fingerprint density at radius 2 is 1.84 bits per heavy atom. The highest BCUT2D eigenvalue weighted by Gasteiger charge is 2.35. The second-order valence-corrected chi connectivity index (χ2v) is 5.72. The third-order valence-corrected chi connectivity index (χ3v) is 4.67. The van der Waals surface area contributed by atoms with Crippen molar-refractivity contribution in [1.29, 1.82) is 0 Å². The third-order valence-electron chi connectivity index (χ3n) is 4.67. The van der Waals surface area contributed by atoms with Crippen LogP contribution < -0.4 is 14.8 Å². The number of hydrogen-bond acceptors (Lipinski definition) is 3. The summed E-state index contributed by atoms with van der Waals surface area (Å²) in [4.78, 5) is 0. The average Bonchev–Trinajstić information content (AvgIpc) is 2.90. The van der Waals surface area contributed by atoms with Crippen molar-refractivity contribution in [2.45, 2.75) is 44.2 Å². The van der Waals surface area contributed by atoms with Crippen molar-refractivity contribution in [2.24, 2.45) is 5.92 Å². The predicted molar refractivity (Wildman–Crippen MR) is 75.8 cm³/mol. The summed E-state index contributed by atoms with van der Waals surface area (Å²) < 4.78 is 10.7. The molecule has 1 N–H and O–H groups in total. The summed E-state index contributed by atoms with van der Waals surface area (Å²) in [5.41, 5.74) is 1.33. The quantitative estimate of drug-likeness (QED) is 0.905. The van der Waals surface area contributed by atoms with Gasteiger partial charge < -0.3 is 14.8 Å². The molecule has 1 aliphatic carbocycles. The van der Waals surface area contributed by atoms with Gasteiger partial charge in [0.15, 0.2) is 11.5 Å². The number of rotatable bonds is 3. The van der Waals surface area contributed by atoms with Gasteiger partial charge in [0.25, 0.3) is 0 Å². The van der Waals surface area contributed by atoms with Crippen LogP contribution in [0, 0.1) is 5.92 Å². The molecular formula is C16H23NO2. The van der Waals surface area contributed by atoms with Crippen molar-refractivity contribution in [1.82, 2.24) is 5.32 Å². The first-order valence-electron chi connectivity index (χ1n) is 7.30. The van der Waals surface area contributed by atoms with E-state index in [1.807, 2.05) is 6.07 Å². The molecule has 3 nitrogen and oxygen atoms in total. The van der Waals surface area contributed by atoms with Gasteiger partial charge in [-0.2, -0.15) is 0 Å². The maximum atomic E-state index is 5.40. The fraction of sp³-hybridized carbons (Fsp3) is 0.625. The molecule has 2 fully saturated rings. The first kappa shape index (κ1) is 12.8. The van der Waals surface area contributed by atoms with Crippen molar-refractivity contribution in [2.75, 3.05) is 14.2 Å². The van der Waals surface area contributed by atoms with Crippen LogP contribution in [-0.4, -0.2) is 20.3 Å².